The van der Waals surface area contributed by atoms with E-state index in [1.807, 2.05) is 0 Å². The Morgan fingerprint density at radius 3 is 2.23 bits per heavy atom. The SMILES string of the molecule is Br.CC(C)N1CCN(S(=O)(=O)c2cc(CC#N)ccc2Sc2cc(Cl)cc(Cl)c2)CC1. The first kappa shape index (κ1) is 26.5. The lowest BCUT2D eigenvalue weighted by atomic mass is 10.2. The van der Waals surface area contributed by atoms with Gasteiger partial charge in [-0.05, 0) is 49.7 Å². The Labute approximate surface area is 209 Å². The number of sulfonamides is 1. The fourth-order valence-electron chi connectivity index (χ4n) is 3.35. The molecule has 0 bridgehead atoms. The minimum atomic E-state index is -3.71. The van der Waals surface area contributed by atoms with Gasteiger partial charge >= 0.3 is 0 Å². The minimum absolute atomic E-state index is 0. The Hall–Kier alpha value is -0.790. The number of halogens is 3. The van der Waals surface area contributed by atoms with Crippen LogP contribution in [0.1, 0.15) is 19.4 Å². The molecular weight excluding hydrogens is 541 g/mol. The first-order valence-electron chi connectivity index (χ1n) is 9.58. The Morgan fingerprint density at radius 1 is 1.06 bits per heavy atom. The zero-order chi connectivity index (χ0) is 21.9. The summed E-state index contributed by atoms with van der Waals surface area (Å²) in [6.07, 6.45) is 0.150. The smallest absolute Gasteiger partial charge is 0.244 e. The van der Waals surface area contributed by atoms with E-state index in [-0.39, 0.29) is 28.3 Å². The van der Waals surface area contributed by atoms with Crippen molar-refractivity contribution in [3.8, 4) is 6.07 Å². The molecule has 0 unspecified atom stereocenters. The molecule has 0 spiro atoms. The molecule has 0 aromatic heterocycles. The van der Waals surface area contributed by atoms with E-state index in [4.69, 9.17) is 28.5 Å². The quantitative estimate of drug-likeness (QED) is 0.463. The van der Waals surface area contributed by atoms with Crippen LogP contribution in [0.3, 0.4) is 0 Å². The summed E-state index contributed by atoms with van der Waals surface area (Å²) in [5.41, 5.74) is 0.672. The van der Waals surface area contributed by atoms with Crippen LogP contribution in [0.25, 0.3) is 0 Å². The van der Waals surface area contributed by atoms with E-state index in [9.17, 15) is 8.42 Å². The molecule has 168 valence electrons. The standard InChI is InChI=1S/C21H23Cl2N3O2S2.BrH/c1-15(2)25-7-9-26(10-8-25)30(27,28)21-11-16(5-6-24)3-4-20(21)29-19-13-17(22)12-18(23)14-19;/h3-4,11-15H,5,7-10H2,1-2H3;1H. The first-order chi connectivity index (χ1) is 14.2. The van der Waals surface area contributed by atoms with Gasteiger partial charge in [0.25, 0.3) is 0 Å². The summed E-state index contributed by atoms with van der Waals surface area (Å²) in [6, 6.07) is 12.8. The average molecular weight is 565 g/mol. The number of nitrogens with zero attached hydrogens (tertiary/aromatic N) is 3. The summed E-state index contributed by atoms with van der Waals surface area (Å²) < 4.78 is 28.6. The van der Waals surface area contributed by atoms with Gasteiger partial charge in [0.2, 0.25) is 10.0 Å². The fourth-order valence-corrected chi connectivity index (χ4v) is 6.92. The van der Waals surface area contributed by atoms with Crippen molar-refractivity contribution >= 4 is 62.0 Å². The molecule has 0 atom stereocenters. The highest BCUT2D eigenvalue weighted by atomic mass is 79.9. The summed E-state index contributed by atoms with van der Waals surface area (Å²) in [7, 11) is -3.71. The minimum Gasteiger partial charge on any atom is -0.298 e. The van der Waals surface area contributed by atoms with Crippen LogP contribution < -0.4 is 0 Å². The van der Waals surface area contributed by atoms with E-state index in [0.717, 1.165) is 4.90 Å². The van der Waals surface area contributed by atoms with Gasteiger partial charge in [-0.15, -0.1) is 17.0 Å². The monoisotopic (exact) mass is 563 g/mol. The highest BCUT2D eigenvalue weighted by Gasteiger charge is 2.31. The summed E-state index contributed by atoms with van der Waals surface area (Å²) in [6.45, 7) is 6.50. The van der Waals surface area contributed by atoms with Crippen molar-refractivity contribution in [1.29, 1.82) is 5.26 Å². The van der Waals surface area contributed by atoms with Crippen LogP contribution >= 0.6 is 51.9 Å². The van der Waals surface area contributed by atoms with Gasteiger partial charge in [0.1, 0.15) is 0 Å². The number of hydrogen-bond donors (Lipinski definition) is 0. The summed E-state index contributed by atoms with van der Waals surface area (Å²) >= 11 is 13.5. The first-order valence-corrected chi connectivity index (χ1v) is 12.6. The molecule has 1 saturated heterocycles. The van der Waals surface area contributed by atoms with Crippen LogP contribution in [0.4, 0.5) is 0 Å². The summed E-state index contributed by atoms with van der Waals surface area (Å²) in [5, 5.41) is 10.0. The van der Waals surface area contributed by atoms with Crippen molar-refractivity contribution in [2.75, 3.05) is 26.2 Å². The third kappa shape index (κ3) is 6.61. The molecule has 1 aliphatic heterocycles. The predicted molar refractivity (Wildman–Crippen MR) is 132 cm³/mol. The van der Waals surface area contributed by atoms with Gasteiger partial charge in [0.05, 0.1) is 17.4 Å². The van der Waals surface area contributed by atoms with Crippen LogP contribution in [0.15, 0.2) is 51.1 Å². The van der Waals surface area contributed by atoms with Crippen LogP contribution in [0.5, 0.6) is 0 Å². The molecule has 1 fully saturated rings. The molecule has 0 amide bonds. The van der Waals surface area contributed by atoms with Gasteiger partial charge in [0.15, 0.2) is 0 Å². The molecule has 10 heteroatoms. The van der Waals surface area contributed by atoms with E-state index < -0.39 is 10.0 Å². The third-order valence-corrected chi connectivity index (χ3v) is 8.53. The lowest BCUT2D eigenvalue weighted by Gasteiger charge is -2.36. The van der Waals surface area contributed by atoms with Crippen LogP contribution in [-0.4, -0.2) is 49.8 Å². The van der Waals surface area contributed by atoms with Crippen LogP contribution in [-0.2, 0) is 16.4 Å². The lowest BCUT2D eigenvalue weighted by molar-refractivity contribution is 0.154. The fraction of sp³-hybridized carbons (Fsp3) is 0.381. The Bertz CT molecular complexity index is 1050. The molecule has 0 N–H and O–H groups in total. The molecule has 5 nitrogen and oxygen atoms in total. The van der Waals surface area contributed by atoms with E-state index >= 15 is 0 Å². The second kappa shape index (κ2) is 11.4. The van der Waals surface area contributed by atoms with Crippen molar-refractivity contribution in [2.45, 2.75) is 41.0 Å². The Balaban J connectivity index is 0.00000341. The second-order valence-electron chi connectivity index (χ2n) is 7.36. The van der Waals surface area contributed by atoms with Gasteiger partial charge in [0, 0.05) is 52.1 Å². The molecule has 0 saturated carbocycles. The molecule has 0 aliphatic carbocycles. The van der Waals surface area contributed by atoms with Gasteiger partial charge in [-0.2, -0.15) is 9.57 Å². The maximum Gasteiger partial charge on any atom is 0.244 e. The van der Waals surface area contributed by atoms with Gasteiger partial charge in [-0.25, -0.2) is 8.42 Å². The number of nitriles is 1. The molecular formula is C21H24BrCl2N3O2S2. The lowest BCUT2D eigenvalue weighted by Crippen LogP contribution is -2.50. The van der Waals surface area contributed by atoms with Crippen LogP contribution in [0.2, 0.25) is 10.0 Å². The van der Waals surface area contributed by atoms with Gasteiger partial charge < -0.3 is 0 Å². The molecule has 0 radical (unpaired) electrons. The molecule has 31 heavy (non-hydrogen) atoms. The van der Waals surface area contributed by atoms with Gasteiger partial charge in [-0.3, -0.25) is 4.90 Å². The Kier molecular flexibility index (Phi) is 9.71. The maximum absolute atomic E-state index is 13.5. The number of piperazine rings is 1. The highest BCUT2D eigenvalue weighted by molar-refractivity contribution is 8.93. The van der Waals surface area contributed by atoms with Crippen molar-refractivity contribution in [3.63, 3.8) is 0 Å². The maximum atomic E-state index is 13.5. The Morgan fingerprint density at radius 2 is 1.68 bits per heavy atom. The summed E-state index contributed by atoms with van der Waals surface area (Å²) in [4.78, 5) is 3.82. The topological polar surface area (TPSA) is 64.4 Å². The van der Waals surface area contributed by atoms with E-state index in [1.165, 1.54) is 16.1 Å². The molecule has 1 heterocycles. The predicted octanol–water partition coefficient (Wildman–Crippen LogP) is 5.50. The average Bonchev–Trinajstić information content (AvgIpc) is 2.68. The molecule has 2 aromatic rings. The second-order valence-corrected chi connectivity index (χ2v) is 11.3. The van der Waals surface area contributed by atoms with E-state index in [1.54, 1.807) is 36.4 Å². The van der Waals surface area contributed by atoms with Crippen molar-refractivity contribution < 1.29 is 8.42 Å². The zero-order valence-corrected chi connectivity index (χ0v) is 22.1. The normalized spacial score (nSPS) is 15.5. The third-order valence-electron chi connectivity index (χ3n) is 4.98. The number of hydrogen-bond acceptors (Lipinski definition) is 5. The zero-order valence-electron chi connectivity index (χ0n) is 17.2. The van der Waals surface area contributed by atoms with Crippen molar-refractivity contribution in [3.05, 3.63) is 52.0 Å². The number of benzene rings is 2. The summed E-state index contributed by atoms with van der Waals surface area (Å²) in [5.74, 6) is 0. The van der Waals surface area contributed by atoms with Crippen molar-refractivity contribution in [1.82, 2.24) is 9.21 Å². The molecule has 2 aromatic carbocycles. The molecule has 3 rings (SSSR count). The van der Waals surface area contributed by atoms with E-state index in [0.29, 0.717) is 52.7 Å². The van der Waals surface area contributed by atoms with Crippen molar-refractivity contribution in [2.24, 2.45) is 0 Å². The molecule has 1 aliphatic rings. The van der Waals surface area contributed by atoms with Crippen LogP contribution in [0, 0.1) is 11.3 Å². The largest absolute Gasteiger partial charge is 0.298 e. The van der Waals surface area contributed by atoms with Gasteiger partial charge in [-0.1, -0.05) is 41.0 Å². The number of rotatable bonds is 6. The van der Waals surface area contributed by atoms with E-state index in [2.05, 4.69) is 24.8 Å². The highest BCUT2D eigenvalue weighted by Crippen LogP contribution is 2.37.